The Morgan fingerprint density at radius 2 is 1.94 bits per heavy atom. The summed E-state index contributed by atoms with van der Waals surface area (Å²) in [6.07, 6.45) is 4.86. The Labute approximate surface area is 108 Å². The van der Waals surface area contributed by atoms with Crippen LogP contribution in [-0.2, 0) is 5.41 Å². The Morgan fingerprint density at radius 1 is 1.11 bits per heavy atom. The highest BCUT2D eigenvalue weighted by Crippen LogP contribution is 2.55. The lowest BCUT2D eigenvalue weighted by molar-refractivity contribution is 0.568. The predicted molar refractivity (Wildman–Crippen MR) is 77.0 cm³/mol. The number of hydrogen-bond donors (Lipinski definition) is 0. The van der Waals surface area contributed by atoms with E-state index >= 15 is 0 Å². The molecule has 0 bridgehead atoms. The van der Waals surface area contributed by atoms with Gasteiger partial charge in [0.05, 0.1) is 0 Å². The fourth-order valence-corrected chi connectivity index (χ4v) is 3.86. The van der Waals surface area contributed by atoms with Crippen molar-refractivity contribution in [3.8, 4) is 0 Å². The molecule has 1 heterocycles. The lowest BCUT2D eigenvalue weighted by Crippen LogP contribution is -2.22. The van der Waals surface area contributed by atoms with E-state index in [4.69, 9.17) is 0 Å². The Morgan fingerprint density at radius 3 is 2.83 bits per heavy atom. The van der Waals surface area contributed by atoms with Crippen LogP contribution in [0.2, 0.25) is 0 Å². The average Bonchev–Trinajstić information content (AvgIpc) is 2.87. The van der Waals surface area contributed by atoms with Crippen molar-refractivity contribution in [3.63, 3.8) is 0 Å². The van der Waals surface area contributed by atoms with Gasteiger partial charge in [0, 0.05) is 23.8 Å². The van der Waals surface area contributed by atoms with Gasteiger partial charge in [0.1, 0.15) is 0 Å². The summed E-state index contributed by atoms with van der Waals surface area (Å²) < 4.78 is 0. The van der Waals surface area contributed by atoms with E-state index in [1.807, 2.05) is 0 Å². The van der Waals surface area contributed by atoms with Gasteiger partial charge >= 0.3 is 0 Å². The van der Waals surface area contributed by atoms with Crippen LogP contribution in [0, 0.1) is 0 Å². The van der Waals surface area contributed by atoms with Crippen LogP contribution in [-0.4, -0.2) is 7.05 Å². The summed E-state index contributed by atoms with van der Waals surface area (Å²) in [4.78, 5) is 2.38. The highest BCUT2D eigenvalue weighted by Gasteiger charge is 2.45. The normalized spacial score (nSPS) is 25.2. The quantitative estimate of drug-likeness (QED) is 0.660. The summed E-state index contributed by atoms with van der Waals surface area (Å²) in [5.41, 5.74) is 4.65. The number of hydrogen-bond acceptors (Lipinski definition) is 1. The third-order valence-electron chi connectivity index (χ3n) is 4.73. The molecule has 1 aliphatic carbocycles. The standard InChI is InChI=1S/C17H17N/c1-17-11-5-8-15(17)18(2)14-10-9-12-6-3-4-7-13(12)16(14)17/h3-4,6-10H,5,11H2,1-2H3. The van der Waals surface area contributed by atoms with Gasteiger partial charge in [-0.15, -0.1) is 0 Å². The van der Waals surface area contributed by atoms with Crippen molar-refractivity contribution < 1.29 is 0 Å². The van der Waals surface area contributed by atoms with Crippen molar-refractivity contribution in [2.24, 2.45) is 0 Å². The molecule has 0 amide bonds. The molecule has 1 aliphatic heterocycles. The second-order valence-corrected chi connectivity index (χ2v) is 5.70. The molecule has 0 radical (unpaired) electrons. The summed E-state index contributed by atoms with van der Waals surface area (Å²) in [5.74, 6) is 0. The molecule has 0 saturated heterocycles. The Kier molecular flexibility index (Phi) is 1.79. The number of rotatable bonds is 0. The highest BCUT2D eigenvalue weighted by atomic mass is 15.2. The molecular formula is C17H17N. The smallest absolute Gasteiger partial charge is 0.0454 e. The molecule has 0 spiro atoms. The second-order valence-electron chi connectivity index (χ2n) is 5.70. The van der Waals surface area contributed by atoms with E-state index in [9.17, 15) is 0 Å². The fourth-order valence-electron chi connectivity index (χ4n) is 3.86. The van der Waals surface area contributed by atoms with Crippen LogP contribution in [0.5, 0.6) is 0 Å². The van der Waals surface area contributed by atoms with E-state index in [0.717, 1.165) is 0 Å². The lowest BCUT2D eigenvalue weighted by atomic mass is 9.79. The molecule has 1 nitrogen and oxygen atoms in total. The van der Waals surface area contributed by atoms with E-state index in [0.29, 0.717) is 0 Å². The predicted octanol–water partition coefficient (Wildman–Crippen LogP) is 4.23. The van der Waals surface area contributed by atoms with Crippen molar-refractivity contribution in [1.29, 1.82) is 0 Å². The largest absolute Gasteiger partial charge is 0.347 e. The van der Waals surface area contributed by atoms with Gasteiger partial charge < -0.3 is 4.90 Å². The van der Waals surface area contributed by atoms with Crippen molar-refractivity contribution in [3.05, 3.63) is 53.7 Å². The van der Waals surface area contributed by atoms with Crippen LogP contribution in [0.4, 0.5) is 5.69 Å². The maximum Gasteiger partial charge on any atom is 0.0454 e. The first kappa shape index (κ1) is 10.2. The lowest BCUT2D eigenvalue weighted by Gasteiger charge is -2.23. The number of fused-ring (bicyclic) bond motifs is 5. The van der Waals surface area contributed by atoms with Crippen molar-refractivity contribution in [2.75, 3.05) is 11.9 Å². The molecule has 1 unspecified atom stereocenters. The minimum atomic E-state index is 0.227. The van der Waals surface area contributed by atoms with Crippen molar-refractivity contribution in [2.45, 2.75) is 25.2 Å². The van der Waals surface area contributed by atoms with Crippen LogP contribution in [0.15, 0.2) is 48.2 Å². The number of allylic oxidation sites excluding steroid dienone is 2. The zero-order valence-corrected chi connectivity index (χ0v) is 10.9. The van der Waals surface area contributed by atoms with Crippen LogP contribution >= 0.6 is 0 Å². The molecule has 0 aromatic heterocycles. The van der Waals surface area contributed by atoms with Crippen LogP contribution in [0.1, 0.15) is 25.3 Å². The number of likely N-dealkylation sites (N-methyl/N-ethyl adjacent to an activating group) is 1. The molecular weight excluding hydrogens is 218 g/mol. The van der Waals surface area contributed by atoms with Gasteiger partial charge in [0.25, 0.3) is 0 Å². The average molecular weight is 235 g/mol. The minimum Gasteiger partial charge on any atom is -0.347 e. The molecule has 2 aromatic carbocycles. The summed E-state index contributed by atoms with van der Waals surface area (Å²) in [6, 6.07) is 13.3. The fraction of sp³-hybridized carbons (Fsp3) is 0.294. The van der Waals surface area contributed by atoms with Gasteiger partial charge in [-0.2, -0.15) is 0 Å². The van der Waals surface area contributed by atoms with Gasteiger partial charge in [0.15, 0.2) is 0 Å². The van der Waals surface area contributed by atoms with Crippen LogP contribution in [0.3, 0.4) is 0 Å². The van der Waals surface area contributed by atoms with Gasteiger partial charge in [-0.3, -0.25) is 0 Å². The van der Waals surface area contributed by atoms with Gasteiger partial charge in [-0.1, -0.05) is 36.4 Å². The monoisotopic (exact) mass is 235 g/mol. The van der Waals surface area contributed by atoms with Crippen molar-refractivity contribution in [1.82, 2.24) is 0 Å². The van der Waals surface area contributed by atoms with Gasteiger partial charge in [-0.05, 0) is 42.2 Å². The van der Waals surface area contributed by atoms with Gasteiger partial charge in [-0.25, -0.2) is 0 Å². The molecule has 0 saturated carbocycles. The Bertz CT molecular complexity index is 683. The van der Waals surface area contributed by atoms with Crippen molar-refractivity contribution >= 4 is 16.5 Å². The summed E-state index contributed by atoms with van der Waals surface area (Å²) in [7, 11) is 2.20. The highest BCUT2D eigenvalue weighted by molar-refractivity contribution is 5.95. The molecule has 2 aliphatic rings. The third kappa shape index (κ3) is 1.03. The third-order valence-corrected chi connectivity index (χ3v) is 4.73. The molecule has 0 fully saturated rings. The van der Waals surface area contributed by atoms with E-state index in [2.05, 4.69) is 61.3 Å². The topological polar surface area (TPSA) is 3.24 Å². The zero-order chi connectivity index (χ0) is 12.3. The SMILES string of the molecule is CN1C2=CCCC2(C)c2c1ccc1ccccc21. The van der Waals surface area contributed by atoms with Gasteiger partial charge in [0.2, 0.25) is 0 Å². The molecule has 0 N–H and O–H groups in total. The maximum absolute atomic E-state index is 2.41. The molecule has 1 atom stereocenters. The Balaban J connectivity index is 2.15. The number of anilines is 1. The summed E-state index contributed by atoms with van der Waals surface area (Å²) in [6.45, 7) is 2.40. The molecule has 90 valence electrons. The first-order valence-corrected chi connectivity index (χ1v) is 6.68. The van der Waals surface area contributed by atoms with E-state index in [-0.39, 0.29) is 5.41 Å². The summed E-state index contributed by atoms with van der Waals surface area (Å²) in [5, 5.41) is 2.79. The zero-order valence-electron chi connectivity index (χ0n) is 10.9. The van der Waals surface area contributed by atoms with E-state index < -0.39 is 0 Å². The second kappa shape index (κ2) is 3.17. The van der Waals surface area contributed by atoms with E-state index in [1.165, 1.54) is 40.6 Å². The maximum atomic E-state index is 2.41. The molecule has 18 heavy (non-hydrogen) atoms. The number of nitrogens with zero attached hydrogens (tertiary/aromatic N) is 1. The molecule has 4 rings (SSSR count). The first-order valence-electron chi connectivity index (χ1n) is 6.68. The molecule has 2 aromatic rings. The summed E-state index contributed by atoms with van der Waals surface area (Å²) >= 11 is 0. The first-order chi connectivity index (χ1) is 8.72. The van der Waals surface area contributed by atoms with E-state index in [1.54, 1.807) is 0 Å². The Hall–Kier alpha value is -1.76. The minimum absolute atomic E-state index is 0.227. The number of benzene rings is 2. The van der Waals surface area contributed by atoms with Crippen LogP contribution < -0.4 is 4.90 Å². The molecule has 1 heteroatoms. The van der Waals surface area contributed by atoms with Crippen LogP contribution in [0.25, 0.3) is 10.8 Å².